The number of hydrogen-bond acceptors (Lipinski definition) is 3. The van der Waals surface area contributed by atoms with E-state index in [1.165, 1.54) is 9.80 Å². The van der Waals surface area contributed by atoms with Crippen molar-refractivity contribution in [2.75, 3.05) is 9.80 Å². The Morgan fingerprint density at radius 1 is 0.742 bits per heavy atom. The molecule has 1 heterocycles. The number of allylic oxidation sites excluding steroid dienone is 2. The highest BCUT2D eigenvalue weighted by molar-refractivity contribution is 7.81. The lowest BCUT2D eigenvalue weighted by molar-refractivity contribution is -0.120. The number of aryl methyl sites for hydroxylation is 1. The molecule has 0 N–H and O–H groups in total. The van der Waals surface area contributed by atoms with Crippen molar-refractivity contribution in [1.82, 2.24) is 0 Å². The molecule has 3 aromatic carbocycles. The molecule has 0 bridgehead atoms. The molecule has 1 fully saturated rings. The van der Waals surface area contributed by atoms with Crippen molar-refractivity contribution in [2.45, 2.75) is 6.92 Å². The predicted octanol–water partition coefficient (Wildman–Crippen LogP) is 5.30. The minimum Gasteiger partial charge on any atom is -0.268 e. The van der Waals surface area contributed by atoms with E-state index in [-0.39, 0.29) is 10.7 Å². The number of para-hydroxylation sites is 2. The van der Waals surface area contributed by atoms with Crippen LogP contribution < -0.4 is 9.80 Å². The Kier molecular flexibility index (Phi) is 5.87. The van der Waals surface area contributed by atoms with Gasteiger partial charge in [-0.25, -0.2) is 0 Å². The number of nitrogens with zero attached hydrogens (tertiary/aromatic N) is 2. The highest BCUT2D eigenvalue weighted by Crippen LogP contribution is 2.30. The molecule has 2 amide bonds. The number of anilines is 2. The maximum absolute atomic E-state index is 13.4. The maximum atomic E-state index is 13.4. The van der Waals surface area contributed by atoms with Gasteiger partial charge in [-0.2, -0.15) is 0 Å². The predicted molar refractivity (Wildman–Crippen MR) is 129 cm³/mol. The SMILES string of the molecule is Cc1ccccc1N1C(=O)C(=CC=Cc2ccccc2)C(=O)N(c2ccccc2)C1=S. The van der Waals surface area contributed by atoms with Gasteiger partial charge in [0.2, 0.25) is 0 Å². The van der Waals surface area contributed by atoms with Gasteiger partial charge in [0.1, 0.15) is 5.57 Å². The van der Waals surface area contributed by atoms with E-state index in [2.05, 4.69) is 0 Å². The van der Waals surface area contributed by atoms with Crippen LogP contribution in [0.2, 0.25) is 0 Å². The van der Waals surface area contributed by atoms with Gasteiger partial charge in [-0.1, -0.05) is 78.9 Å². The van der Waals surface area contributed by atoms with Crippen molar-refractivity contribution in [1.29, 1.82) is 0 Å². The fraction of sp³-hybridized carbons (Fsp3) is 0.0385. The van der Waals surface area contributed by atoms with Crippen LogP contribution in [0.3, 0.4) is 0 Å². The molecule has 0 radical (unpaired) electrons. The second-order valence-corrected chi connectivity index (χ2v) is 7.40. The summed E-state index contributed by atoms with van der Waals surface area (Å²) < 4.78 is 0. The molecule has 0 spiro atoms. The lowest BCUT2D eigenvalue weighted by atomic mass is 10.1. The first-order chi connectivity index (χ1) is 15.1. The van der Waals surface area contributed by atoms with E-state index in [4.69, 9.17) is 12.2 Å². The third-order valence-electron chi connectivity index (χ3n) is 4.97. The van der Waals surface area contributed by atoms with Crippen LogP contribution in [0.15, 0.2) is 103 Å². The van der Waals surface area contributed by atoms with Crippen molar-refractivity contribution >= 4 is 46.6 Å². The molecular formula is C26H20N2O2S. The van der Waals surface area contributed by atoms with Crippen LogP contribution in [0, 0.1) is 6.92 Å². The Morgan fingerprint density at radius 3 is 2.00 bits per heavy atom. The van der Waals surface area contributed by atoms with E-state index in [1.54, 1.807) is 24.3 Å². The summed E-state index contributed by atoms with van der Waals surface area (Å²) in [5, 5.41) is 0.139. The summed E-state index contributed by atoms with van der Waals surface area (Å²) in [5.41, 5.74) is 3.18. The number of carbonyl (C=O) groups excluding carboxylic acids is 2. The van der Waals surface area contributed by atoms with Gasteiger partial charge < -0.3 is 0 Å². The number of benzene rings is 3. The molecule has 4 rings (SSSR count). The highest BCUT2D eigenvalue weighted by atomic mass is 32.1. The van der Waals surface area contributed by atoms with Crippen LogP contribution >= 0.6 is 12.2 Å². The Morgan fingerprint density at radius 2 is 1.32 bits per heavy atom. The molecule has 3 aromatic rings. The summed E-state index contributed by atoms with van der Waals surface area (Å²) in [6, 6.07) is 26.3. The third-order valence-corrected chi connectivity index (χ3v) is 5.34. The standard InChI is InChI=1S/C26H20N2O2S/c1-19-11-8-9-18-23(19)28-25(30)22(17-10-14-20-12-4-2-5-13-20)24(29)27(26(28)31)21-15-6-3-7-16-21/h2-18H,1H3. The highest BCUT2D eigenvalue weighted by Gasteiger charge is 2.41. The lowest BCUT2D eigenvalue weighted by Crippen LogP contribution is -2.57. The van der Waals surface area contributed by atoms with E-state index in [0.29, 0.717) is 11.4 Å². The van der Waals surface area contributed by atoms with Gasteiger partial charge in [0.15, 0.2) is 5.11 Å². The minimum atomic E-state index is -0.441. The number of thiocarbonyl (C=S) groups is 1. The van der Waals surface area contributed by atoms with Crippen molar-refractivity contribution < 1.29 is 9.59 Å². The zero-order chi connectivity index (χ0) is 21.8. The third kappa shape index (κ3) is 4.09. The van der Waals surface area contributed by atoms with Crippen LogP contribution in [-0.2, 0) is 9.59 Å². The van der Waals surface area contributed by atoms with Gasteiger partial charge in [-0.15, -0.1) is 0 Å². The maximum Gasteiger partial charge on any atom is 0.270 e. The van der Waals surface area contributed by atoms with Crippen LogP contribution in [0.4, 0.5) is 11.4 Å². The average molecular weight is 425 g/mol. The largest absolute Gasteiger partial charge is 0.270 e. The Balaban J connectivity index is 1.80. The summed E-state index contributed by atoms with van der Waals surface area (Å²) in [7, 11) is 0. The molecular weight excluding hydrogens is 404 g/mol. The van der Waals surface area contributed by atoms with Crippen molar-refractivity contribution in [3.63, 3.8) is 0 Å². The van der Waals surface area contributed by atoms with Crippen molar-refractivity contribution in [3.05, 3.63) is 114 Å². The normalized spacial score (nSPS) is 15.9. The van der Waals surface area contributed by atoms with Gasteiger partial charge in [0.25, 0.3) is 11.8 Å². The quantitative estimate of drug-likeness (QED) is 0.324. The van der Waals surface area contributed by atoms with Gasteiger partial charge in [0.05, 0.1) is 11.4 Å². The lowest BCUT2D eigenvalue weighted by Gasteiger charge is -2.37. The fourth-order valence-corrected chi connectivity index (χ4v) is 3.77. The molecule has 1 aliphatic rings. The average Bonchev–Trinajstić information content (AvgIpc) is 2.79. The summed E-state index contributed by atoms with van der Waals surface area (Å²) >= 11 is 5.63. The minimum absolute atomic E-state index is 0.0490. The molecule has 5 heteroatoms. The van der Waals surface area contributed by atoms with Gasteiger partial charge >= 0.3 is 0 Å². The molecule has 0 aliphatic carbocycles. The van der Waals surface area contributed by atoms with E-state index in [9.17, 15) is 9.59 Å². The number of rotatable bonds is 4. The molecule has 152 valence electrons. The molecule has 0 saturated carbocycles. The van der Waals surface area contributed by atoms with Gasteiger partial charge in [0, 0.05) is 0 Å². The molecule has 4 nitrogen and oxygen atoms in total. The summed E-state index contributed by atoms with van der Waals surface area (Å²) in [6.07, 6.45) is 5.13. The second-order valence-electron chi connectivity index (χ2n) is 7.04. The zero-order valence-corrected chi connectivity index (χ0v) is 17.8. The van der Waals surface area contributed by atoms with E-state index in [0.717, 1.165) is 11.1 Å². The van der Waals surface area contributed by atoms with Gasteiger partial charge in [-0.05, 0) is 54.5 Å². The van der Waals surface area contributed by atoms with Crippen LogP contribution in [0.5, 0.6) is 0 Å². The fourth-order valence-electron chi connectivity index (χ4n) is 3.40. The van der Waals surface area contributed by atoms with Crippen LogP contribution in [0.25, 0.3) is 6.08 Å². The number of hydrogen-bond donors (Lipinski definition) is 0. The first-order valence-corrected chi connectivity index (χ1v) is 10.3. The molecule has 31 heavy (non-hydrogen) atoms. The molecule has 0 atom stereocenters. The zero-order valence-electron chi connectivity index (χ0n) is 16.9. The van der Waals surface area contributed by atoms with E-state index >= 15 is 0 Å². The first kappa shape index (κ1) is 20.4. The van der Waals surface area contributed by atoms with E-state index < -0.39 is 11.8 Å². The Bertz CT molecular complexity index is 1200. The summed E-state index contributed by atoms with van der Waals surface area (Å²) in [4.78, 5) is 29.6. The Labute approximate surface area is 186 Å². The molecule has 1 saturated heterocycles. The number of carbonyl (C=O) groups is 2. The molecule has 0 aromatic heterocycles. The van der Waals surface area contributed by atoms with Crippen LogP contribution in [0.1, 0.15) is 11.1 Å². The summed E-state index contributed by atoms with van der Waals surface area (Å²) in [5.74, 6) is -0.877. The Hall–Kier alpha value is -3.83. The molecule has 0 unspecified atom stereocenters. The summed E-state index contributed by atoms with van der Waals surface area (Å²) in [6.45, 7) is 1.91. The van der Waals surface area contributed by atoms with E-state index in [1.807, 2.05) is 85.8 Å². The monoisotopic (exact) mass is 424 g/mol. The van der Waals surface area contributed by atoms with Crippen LogP contribution in [-0.4, -0.2) is 16.9 Å². The molecule has 1 aliphatic heterocycles. The van der Waals surface area contributed by atoms with Crippen molar-refractivity contribution in [3.8, 4) is 0 Å². The first-order valence-electron chi connectivity index (χ1n) is 9.85. The van der Waals surface area contributed by atoms with Crippen molar-refractivity contribution in [2.24, 2.45) is 0 Å². The second kappa shape index (κ2) is 8.90. The smallest absolute Gasteiger partial charge is 0.268 e. The number of amides is 2. The van der Waals surface area contributed by atoms with Gasteiger partial charge in [-0.3, -0.25) is 19.4 Å². The topological polar surface area (TPSA) is 40.6 Å².